The summed E-state index contributed by atoms with van der Waals surface area (Å²) in [5.41, 5.74) is 2.86. The predicted molar refractivity (Wildman–Crippen MR) is 116 cm³/mol. The number of carbonyl (C=O) groups excluding carboxylic acids is 1. The van der Waals surface area contributed by atoms with Crippen molar-refractivity contribution in [1.82, 2.24) is 14.9 Å². The normalized spacial score (nSPS) is 12.2. The van der Waals surface area contributed by atoms with Gasteiger partial charge in [-0.05, 0) is 25.8 Å². The molecule has 1 amide bonds. The highest BCUT2D eigenvalue weighted by Gasteiger charge is 2.15. The third kappa shape index (κ3) is 4.68. The van der Waals surface area contributed by atoms with Crippen molar-refractivity contribution in [2.75, 3.05) is 0 Å². The highest BCUT2D eigenvalue weighted by atomic mass is 32.1. The monoisotopic (exact) mass is 397 g/mol. The zero-order valence-corrected chi connectivity index (χ0v) is 17.5. The largest absolute Gasteiger partial charge is 0.352 e. The Morgan fingerprint density at radius 1 is 1.25 bits per heavy atom. The van der Waals surface area contributed by atoms with Gasteiger partial charge in [0.05, 0.1) is 11.7 Å². The van der Waals surface area contributed by atoms with Gasteiger partial charge >= 0.3 is 0 Å². The van der Waals surface area contributed by atoms with E-state index in [1.165, 1.54) is 34.2 Å². The Hall–Kier alpha value is -2.47. The molecular weight excluding hydrogens is 370 g/mol. The highest BCUT2D eigenvalue weighted by Crippen LogP contribution is 2.30. The molecule has 0 saturated carbocycles. The van der Waals surface area contributed by atoms with Gasteiger partial charge in [0.1, 0.15) is 11.4 Å². The molecular formula is C22H27N3O2S. The van der Waals surface area contributed by atoms with Crippen LogP contribution in [0.4, 0.5) is 0 Å². The van der Waals surface area contributed by atoms with E-state index in [9.17, 15) is 9.59 Å². The Morgan fingerprint density at radius 3 is 2.71 bits per heavy atom. The Bertz CT molecular complexity index is 1000. The maximum absolute atomic E-state index is 13.0. The molecule has 148 valence electrons. The van der Waals surface area contributed by atoms with Crippen molar-refractivity contribution in [3.8, 4) is 11.1 Å². The van der Waals surface area contributed by atoms with Crippen LogP contribution >= 0.6 is 11.3 Å². The number of hydrogen-bond acceptors (Lipinski definition) is 4. The van der Waals surface area contributed by atoms with E-state index >= 15 is 0 Å². The molecule has 28 heavy (non-hydrogen) atoms. The number of nitrogens with one attached hydrogen (secondary N) is 1. The molecule has 2 heterocycles. The van der Waals surface area contributed by atoms with Crippen LogP contribution in [0, 0.1) is 6.92 Å². The highest BCUT2D eigenvalue weighted by molar-refractivity contribution is 7.17. The molecule has 3 rings (SSSR count). The maximum atomic E-state index is 13.0. The number of rotatable bonds is 8. The standard InChI is InChI=1S/C22H27N3O2S/c1-4-5-6-7-16(3)24-19(26)12-25-14-23-21-20(22(25)27)18(13-28-21)17-10-8-15(2)9-11-17/h8-11,13-14,16H,4-7,12H2,1-3H3,(H,24,26)/t16-/m1/s1. The minimum atomic E-state index is -0.171. The minimum absolute atomic E-state index is 0.0108. The van der Waals surface area contributed by atoms with Gasteiger partial charge in [-0.25, -0.2) is 4.98 Å². The Morgan fingerprint density at radius 2 is 2.00 bits per heavy atom. The fourth-order valence-corrected chi connectivity index (χ4v) is 4.18. The van der Waals surface area contributed by atoms with Gasteiger partial charge in [-0.15, -0.1) is 11.3 Å². The molecule has 0 spiro atoms. The van der Waals surface area contributed by atoms with Gasteiger partial charge in [0, 0.05) is 17.0 Å². The SMILES string of the molecule is CCCCC[C@@H](C)NC(=O)Cn1cnc2scc(-c3ccc(C)cc3)c2c1=O. The molecule has 0 radical (unpaired) electrons. The van der Waals surface area contributed by atoms with Gasteiger partial charge in [0.15, 0.2) is 0 Å². The van der Waals surface area contributed by atoms with Crippen molar-refractivity contribution in [2.24, 2.45) is 0 Å². The molecule has 0 aliphatic rings. The fraction of sp³-hybridized carbons (Fsp3) is 0.409. The summed E-state index contributed by atoms with van der Waals surface area (Å²) in [4.78, 5) is 30.5. The number of nitrogens with zero attached hydrogens (tertiary/aromatic N) is 2. The van der Waals surface area contributed by atoms with Crippen LogP contribution < -0.4 is 10.9 Å². The average molecular weight is 398 g/mol. The molecule has 2 aromatic heterocycles. The minimum Gasteiger partial charge on any atom is -0.352 e. The molecule has 5 nitrogen and oxygen atoms in total. The number of hydrogen-bond donors (Lipinski definition) is 1. The summed E-state index contributed by atoms with van der Waals surface area (Å²) in [6.45, 7) is 6.19. The first-order valence-corrected chi connectivity index (χ1v) is 10.7. The number of benzene rings is 1. The maximum Gasteiger partial charge on any atom is 0.263 e. The van der Waals surface area contributed by atoms with Crippen molar-refractivity contribution in [3.05, 3.63) is 51.9 Å². The second kappa shape index (κ2) is 9.15. The molecule has 0 bridgehead atoms. The van der Waals surface area contributed by atoms with Crippen LogP contribution in [0.3, 0.4) is 0 Å². The zero-order valence-electron chi connectivity index (χ0n) is 16.7. The molecule has 0 aliphatic carbocycles. The van der Waals surface area contributed by atoms with E-state index < -0.39 is 0 Å². The lowest BCUT2D eigenvalue weighted by Gasteiger charge is -2.14. The Labute approximate surface area is 169 Å². The molecule has 3 aromatic rings. The van der Waals surface area contributed by atoms with Crippen LogP contribution in [0.15, 0.2) is 40.8 Å². The Kier molecular flexibility index (Phi) is 6.62. The summed E-state index contributed by atoms with van der Waals surface area (Å²) < 4.78 is 1.40. The molecule has 1 N–H and O–H groups in total. The van der Waals surface area contributed by atoms with Crippen LogP contribution in [0.2, 0.25) is 0 Å². The molecule has 0 saturated heterocycles. The lowest BCUT2D eigenvalue weighted by molar-refractivity contribution is -0.122. The summed E-state index contributed by atoms with van der Waals surface area (Å²) in [6, 6.07) is 8.19. The summed E-state index contributed by atoms with van der Waals surface area (Å²) >= 11 is 1.45. The van der Waals surface area contributed by atoms with Gasteiger partial charge < -0.3 is 5.32 Å². The second-order valence-electron chi connectivity index (χ2n) is 7.34. The van der Waals surface area contributed by atoms with E-state index in [-0.39, 0.29) is 24.1 Å². The molecule has 1 atom stereocenters. The van der Waals surface area contributed by atoms with Crippen molar-refractivity contribution < 1.29 is 4.79 Å². The molecule has 6 heteroatoms. The van der Waals surface area contributed by atoms with Crippen molar-refractivity contribution >= 4 is 27.5 Å². The average Bonchev–Trinajstić information content (AvgIpc) is 3.10. The van der Waals surface area contributed by atoms with E-state index in [1.807, 2.05) is 43.5 Å². The van der Waals surface area contributed by atoms with Crippen molar-refractivity contribution in [1.29, 1.82) is 0 Å². The predicted octanol–water partition coefficient (Wildman–Crippen LogP) is 4.52. The number of aryl methyl sites for hydroxylation is 1. The topological polar surface area (TPSA) is 64.0 Å². The number of unbranched alkanes of at least 4 members (excludes halogenated alkanes) is 2. The van der Waals surface area contributed by atoms with Crippen LogP contribution in [0.25, 0.3) is 21.3 Å². The summed E-state index contributed by atoms with van der Waals surface area (Å²) in [5, 5.41) is 5.53. The van der Waals surface area contributed by atoms with Gasteiger partial charge in [-0.1, -0.05) is 56.0 Å². The molecule has 0 aliphatic heterocycles. The molecule has 0 fully saturated rings. The molecule has 1 aromatic carbocycles. The zero-order chi connectivity index (χ0) is 20.1. The van der Waals surface area contributed by atoms with E-state index in [2.05, 4.69) is 17.2 Å². The van der Waals surface area contributed by atoms with Gasteiger partial charge in [-0.3, -0.25) is 14.2 Å². The summed E-state index contributed by atoms with van der Waals surface area (Å²) in [6.07, 6.45) is 5.85. The van der Waals surface area contributed by atoms with Crippen molar-refractivity contribution in [3.63, 3.8) is 0 Å². The smallest absolute Gasteiger partial charge is 0.263 e. The lowest BCUT2D eigenvalue weighted by atomic mass is 10.1. The van der Waals surface area contributed by atoms with E-state index in [0.29, 0.717) is 10.2 Å². The van der Waals surface area contributed by atoms with Crippen LogP contribution in [-0.2, 0) is 11.3 Å². The van der Waals surface area contributed by atoms with E-state index in [0.717, 1.165) is 30.4 Å². The van der Waals surface area contributed by atoms with Gasteiger partial charge in [0.25, 0.3) is 5.56 Å². The van der Waals surface area contributed by atoms with Crippen LogP contribution in [0.5, 0.6) is 0 Å². The Balaban J connectivity index is 1.80. The van der Waals surface area contributed by atoms with Crippen LogP contribution in [-0.4, -0.2) is 21.5 Å². The number of carbonyl (C=O) groups is 1. The number of aromatic nitrogens is 2. The summed E-state index contributed by atoms with van der Waals surface area (Å²) in [7, 11) is 0. The quantitative estimate of drug-likeness (QED) is 0.569. The number of amides is 1. The van der Waals surface area contributed by atoms with Crippen LogP contribution in [0.1, 0.15) is 45.1 Å². The fourth-order valence-electron chi connectivity index (χ4n) is 3.27. The third-order valence-corrected chi connectivity index (χ3v) is 5.77. The molecule has 0 unspecified atom stereocenters. The number of thiophene rings is 1. The van der Waals surface area contributed by atoms with E-state index in [4.69, 9.17) is 0 Å². The second-order valence-corrected chi connectivity index (χ2v) is 8.20. The third-order valence-electron chi connectivity index (χ3n) is 4.89. The summed E-state index contributed by atoms with van der Waals surface area (Å²) in [5.74, 6) is -0.153. The van der Waals surface area contributed by atoms with Gasteiger partial charge in [0.2, 0.25) is 5.91 Å². The lowest BCUT2D eigenvalue weighted by Crippen LogP contribution is -2.37. The first-order valence-electron chi connectivity index (χ1n) is 9.82. The van der Waals surface area contributed by atoms with Crippen molar-refractivity contribution in [2.45, 2.75) is 59.0 Å². The number of fused-ring (bicyclic) bond motifs is 1. The van der Waals surface area contributed by atoms with E-state index in [1.54, 1.807) is 0 Å². The first kappa shape index (κ1) is 20.3. The van der Waals surface area contributed by atoms with Gasteiger partial charge in [-0.2, -0.15) is 0 Å². The first-order chi connectivity index (χ1) is 13.5.